The molecule has 1 fully saturated rings. The quantitative estimate of drug-likeness (QED) is 0.639. The largest absolute Gasteiger partial charge is 0.368 e. The summed E-state index contributed by atoms with van der Waals surface area (Å²) in [6.45, 7) is 0.854. The summed E-state index contributed by atoms with van der Waals surface area (Å²) in [6.07, 6.45) is 3.80. The van der Waals surface area contributed by atoms with Gasteiger partial charge in [0.05, 0.1) is 0 Å². The number of allylic oxidation sites excluding steroid dienone is 2. The average Bonchev–Trinajstić information content (AvgIpc) is 2.32. The number of amides is 1. The number of hydrogen-bond acceptors (Lipinski definition) is 3. The highest BCUT2D eigenvalue weighted by Gasteiger charge is 2.35. The van der Waals surface area contributed by atoms with Crippen molar-refractivity contribution in [3.05, 3.63) is 11.8 Å². The molecule has 0 saturated carbocycles. The first-order valence-electron chi connectivity index (χ1n) is 4.48. The van der Waals surface area contributed by atoms with E-state index in [1.54, 1.807) is 6.08 Å². The van der Waals surface area contributed by atoms with Gasteiger partial charge in [-0.3, -0.25) is 9.59 Å². The van der Waals surface area contributed by atoms with Crippen molar-refractivity contribution in [2.45, 2.75) is 25.3 Å². The van der Waals surface area contributed by atoms with E-state index in [2.05, 4.69) is 0 Å². The fourth-order valence-electron chi connectivity index (χ4n) is 1.83. The molecule has 0 aromatic rings. The van der Waals surface area contributed by atoms with E-state index in [-0.39, 0.29) is 17.7 Å². The van der Waals surface area contributed by atoms with Crippen LogP contribution in [0.15, 0.2) is 11.8 Å². The Morgan fingerprint density at radius 3 is 2.69 bits per heavy atom. The lowest BCUT2D eigenvalue weighted by atomic mass is 10.0. The monoisotopic (exact) mass is 180 g/mol. The Bertz CT molecular complexity index is 296. The standard InChI is InChI=1S/C9H12N2O2/c10-9(13)8-3-4-11(8)6-1-2-7(12)5-6/h5,8H,1-4H2,(H2,10,13). The Morgan fingerprint density at radius 2 is 2.31 bits per heavy atom. The van der Waals surface area contributed by atoms with Gasteiger partial charge >= 0.3 is 0 Å². The third-order valence-corrected chi connectivity index (χ3v) is 2.67. The number of nitrogens with zero attached hydrogens (tertiary/aromatic N) is 1. The van der Waals surface area contributed by atoms with Gasteiger partial charge in [0, 0.05) is 24.7 Å². The summed E-state index contributed by atoms with van der Waals surface area (Å²) in [6, 6.07) is -0.169. The van der Waals surface area contributed by atoms with Gasteiger partial charge in [-0.25, -0.2) is 0 Å². The molecule has 2 rings (SSSR count). The topological polar surface area (TPSA) is 63.4 Å². The van der Waals surface area contributed by atoms with Crippen LogP contribution in [0.4, 0.5) is 0 Å². The molecule has 1 heterocycles. The molecule has 4 nitrogen and oxygen atoms in total. The SMILES string of the molecule is NC(=O)C1CCN1C1=CC(=O)CC1. The lowest BCUT2D eigenvalue weighted by Crippen LogP contribution is -2.53. The lowest BCUT2D eigenvalue weighted by molar-refractivity contribution is -0.126. The highest BCUT2D eigenvalue weighted by molar-refractivity contribution is 5.93. The van der Waals surface area contributed by atoms with Crippen molar-refractivity contribution in [1.82, 2.24) is 4.90 Å². The Balaban J connectivity index is 2.06. The van der Waals surface area contributed by atoms with E-state index in [9.17, 15) is 9.59 Å². The number of nitrogens with two attached hydrogens (primary N) is 1. The van der Waals surface area contributed by atoms with Gasteiger partial charge in [-0.2, -0.15) is 0 Å². The van der Waals surface area contributed by atoms with E-state index < -0.39 is 0 Å². The lowest BCUT2D eigenvalue weighted by Gasteiger charge is -2.41. The van der Waals surface area contributed by atoms with E-state index in [4.69, 9.17) is 5.73 Å². The first kappa shape index (κ1) is 8.29. The van der Waals surface area contributed by atoms with Gasteiger partial charge in [-0.05, 0) is 12.8 Å². The molecule has 1 aliphatic heterocycles. The minimum absolute atomic E-state index is 0.158. The Hall–Kier alpha value is -1.32. The smallest absolute Gasteiger partial charge is 0.240 e. The van der Waals surface area contributed by atoms with Crippen molar-refractivity contribution < 1.29 is 9.59 Å². The van der Waals surface area contributed by atoms with E-state index in [0.717, 1.165) is 25.1 Å². The molecule has 70 valence electrons. The fourth-order valence-corrected chi connectivity index (χ4v) is 1.83. The van der Waals surface area contributed by atoms with Crippen LogP contribution in [0.1, 0.15) is 19.3 Å². The van der Waals surface area contributed by atoms with Crippen LogP contribution in [0.3, 0.4) is 0 Å². The van der Waals surface area contributed by atoms with Crippen molar-refractivity contribution in [3.63, 3.8) is 0 Å². The van der Waals surface area contributed by atoms with Crippen LogP contribution in [0.25, 0.3) is 0 Å². The number of hydrogen-bond donors (Lipinski definition) is 1. The molecule has 0 aromatic carbocycles. The highest BCUT2D eigenvalue weighted by atomic mass is 16.1. The van der Waals surface area contributed by atoms with Crippen LogP contribution in [0.5, 0.6) is 0 Å². The number of likely N-dealkylation sites (tertiary alicyclic amines) is 1. The predicted octanol–water partition coefficient (Wildman–Crippen LogP) is -0.207. The van der Waals surface area contributed by atoms with Crippen LogP contribution in [0.2, 0.25) is 0 Å². The Morgan fingerprint density at radius 1 is 1.54 bits per heavy atom. The summed E-state index contributed by atoms with van der Waals surface area (Å²) in [7, 11) is 0. The summed E-state index contributed by atoms with van der Waals surface area (Å²) >= 11 is 0. The van der Waals surface area contributed by atoms with Gasteiger partial charge in [0.1, 0.15) is 6.04 Å². The maximum absolute atomic E-state index is 11.0. The third-order valence-electron chi connectivity index (χ3n) is 2.67. The summed E-state index contributed by atoms with van der Waals surface area (Å²) < 4.78 is 0. The van der Waals surface area contributed by atoms with Gasteiger partial charge < -0.3 is 10.6 Å². The summed E-state index contributed by atoms with van der Waals surface area (Å²) in [5.74, 6) is -0.128. The van der Waals surface area contributed by atoms with E-state index in [0.29, 0.717) is 6.42 Å². The molecule has 2 N–H and O–H groups in total. The van der Waals surface area contributed by atoms with Crippen LogP contribution in [0, 0.1) is 0 Å². The van der Waals surface area contributed by atoms with Crippen LogP contribution in [-0.2, 0) is 9.59 Å². The average molecular weight is 180 g/mol. The molecule has 0 aromatic heterocycles. The van der Waals surface area contributed by atoms with Crippen molar-refractivity contribution in [2.24, 2.45) is 5.73 Å². The first-order valence-corrected chi connectivity index (χ1v) is 4.48. The number of rotatable bonds is 2. The highest BCUT2D eigenvalue weighted by Crippen LogP contribution is 2.28. The van der Waals surface area contributed by atoms with Crippen LogP contribution < -0.4 is 5.73 Å². The number of ketones is 1. The van der Waals surface area contributed by atoms with Crippen molar-refractivity contribution >= 4 is 11.7 Å². The minimum Gasteiger partial charge on any atom is -0.368 e. The van der Waals surface area contributed by atoms with Crippen LogP contribution >= 0.6 is 0 Å². The van der Waals surface area contributed by atoms with Gasteiger partial charge in [0.25, 0.3) is 0 Å². The van der Waals surface area contributed by atoms with Crippen molar-refractivity contribution in [3.8, 4) is 0 Å². The maximum Gasteiger partial charge on any atom is 0.240 e. The number of carbonyl (C=O) groups is 2. The number of carbonyl (C=O) groups excluding carboxylic acids is 2. The molecule has 1 atom stereocenters. The second kappa shape index (κ2) is 2.87. The molecule has 4 heteroatoms. The van der Waals surface area contributed by atoms with E-state index in [1.807, 2.05) is 4.90 Å². The number of primary amides is 1. The molecule has 1 unspecified atom stereocenters. The van der Waals surface area contributed by atoms with Crippen molar-refractivity contribution in [2.75, 3.05) is 6.54 Å². The van der Waals surface area contributed by atoms with Gasteiger partial charge in [0.2, 0.25) is 5.91 Å². The van der Waals surface area contributed by atoms with E-state index in [1.165, 1.54) is 0 Å². The maximum atomic E-state index is 11.0. The van der Waals surface area contributed by atoms with Crippen molar-refractivity contribution in [1.29, 1.82) is 0 Å². The molecule has 1 aliphatic carbocycles. The molecular weight excluding hydrogens is 168 g/mol. The van der Waals surface area contributed by atoms with Crippen LogP contribution in [-0.4, -0.2) is 29.2 Å². The minimum atomic E-state index is -0.286. The molecular formula is C9H12N2O2. The zero-order valence-corrected chi connectivity index (χ0v) is 7.32. The molecule has 1 amide bonds. The zero-order valence-electron chi connectivity index (χ0n) is 7.32. The summed E-state index contributed by atoms with van der Waals surface area (Å²) in [5, 5.41) is 0. The van der Waals surface area contributed by atoms with Gasteiger partial charge in [0.15, 0.2) is 5.78 Å². The van der Waals surface area contributed by atoms with Gasteiger partial charge in [-0.1, -0.05) is 0 Å². The Labute approximate surface area is 76.4 Å². The predicted molar refractivity (Wildman–Crippen MR) is 46.6 cm³/mol. The second-order valence-corrected chi connectivity index (χ2v) is 3.50. The van der Waals surface area contributed by atoms with E-state index >= 15 is 0 Å². The molecule has 0 spiro atoms. The molecule has 1 saturated heterocycles. The zero-order chi connectivity index (χ0) is 9.42. The summed E-state index contributed by atoms with van der Waals surface area (Å²) in [5.41, 5.74) is 6.18. The third kappa shape index (κ3) is 1.32. The normalized spacial score (nSPS) is 27.1. The fraction of sp³-hybridized carbons (Fsp3) is 0.556. The molecule has 0 radical (unpaired) electrons. The Kier molecular flexibility index (Phi) is 1.83. The molecule has 0 bridgehead atoms. The second-order valence-electron chi connectivity index (χ2n) is 3.50. The molecule has 13 heavy (non-hydrogen) atoms. The van der Waals surface area contributed by atoms with Gasteiger partial charge in [-0.15, -0.1) is 0 Å². The first-order chi connectivity index (χ1) is 6.18. The molecule has 2 aliphatic rings. The summed E-state index contributed by atoms with van der Waals surface area (Å²) in [4.78, 5) is 23.8.